The third-order valence-corrected chi connectivity index (χ3v) is 4.89. The van der Waals surface area contributed by atoms with E-state index in [1.165, 1.54) is 0 Å². The van der Waals surface area contributed by atoms with Crippen molar-refractivity contribution in [2.75, 3.05) is 40.3 Å². The second-order valence-electron chi connectivity index (χ2n) is 7.31. The normalized spacial score (nSPS) is 17.5. The zero-order chi connectivity index (χ0) is 19.4. The first-order valence-electron chi connectivity index (χ1n) is 9.43. The van der Waals surface area contributed by atoms with E-state index in [2.05, 4.69) is 5.32 Å². The molecule has 3 N–H and O–H groups in total. The number of para-hydroxylation sites is 1. The highest BCUT2D eigenvalue weighted by Gasteiger charge is 2.32. The number of benzene rings is 1. The summed E-state index contributed by atoms with van der Waals surface area (Å²) in [7, 11) is 3.93. The van der Waals surface area contributed by atoms with Gasteiger partial charge in [-0.2, -0.15) is 0 Å². The highest BCUT2D eigenvalue weighted by atomic mass is 16.3. The largest absolute Gasteiger partial charge is 0.451 e. The van der Waals surface area contributed by atoms with Gasteiger partial charge in [0.1, 0.15) is 5.58 Å². The van der Waals surface area contributed by atoms with Crippen molar-refractivity contribution in [3.63, 3.8) is 0 Å². The Morgan fingerprint density at radius 1 is 1.33 bits per heavy atom. The smallest absolute Gasteiger partial charge is 0.289 e. The van der Waals surface area contributed by atoms with Crippen LogP contribution in [-0.4, -0.2) is 61.9 Å². The summed E-state index contributed by atoms with van der Waals surface area (Å²) in [5, 5.41) is 3.79. The van der Waals surface area contributed by atoms with Crippen molar-refractivity contribution in [3.05, 3.63) is 35.6 Å². The predicted octanol–water partition coefficient (Wildman–Crippen LogP) is 1.42. The number of piperidine rings is 1. The molecule has 0 spiro atoms. The van der Waals surface area contributed by atoms with Crippen LogP contribution >= 0.6 is 0 Å². The number of nitrogens with zero attached hydrogens (tertiary/aromatic N) is 2. The number of furan rings is 1. The molecule has 1 unspecified atom stereocenters. The van der Waals surface area contributed by atoms with E-state index in [0.717, 1.165) is 23.8 Å². The first-order chi connectivity index (χ1) is 13.0. The summed E-state index contributed by atoms with van der Waals surface area (Å²) in [5.74, 6) is 0.0132. The zero-order valence-electron chi connectivity index (χ0n) is 16.0. The van der Waals surface area contributed by atoms with E-state index in [0.29, 0.717) is 44.1 Å². The summed E-state index contributed by atoms with van der Waals surface area (Å²) < 4.78 is 5.94. The van der Waals surface area contributed by atoms with Gasteiger partial charge in [0.15, 0.2) is 5.76 Å². The Kier molecular flexibility index (Phi) is 6.13. The molecule has 1 aliphatic rings. The van der Waals surface area contributed by atoms with Crippen LogP contribution in [0.2, 0.25) is 0 Å². The minimum Gasteiger partial charge on any atom is -0.451 e. The lowest BCUT2D eigenvalue weighted by Gasteiger charge is -2.31. The van der Waals surface area contributed by atoms with Gasteiger partial charge in [-0.05, 0) is 33.0 Å². The molecule has 1 saturated heterocycles. The van der Waals surface area contributed by atoms with Gasteiger partial charge < -0.3 is 25.3 Å². The first kappa shape index (κ1) is 19.4. The van der Waals surface area contributed by atoms with Crippen molar-refractivity contribution < 1.29 is 14.0 Å². The number of hydrogen-bond donors (Lipinski definition) is 2. The van der Waals surface area contributed by atoms with E-state index < -0.39 is 0 Å². The van der Waals surface area contributed by atoms with Gasteiger partial charge in [0, 0.05) is 43.7 Å². The molecule has 0 saturated carbocycles. The van der Waals surface area contributed by atoms with Crippen molar-refractivity contribution in [2.24, 2.45) is 11.7 Å². The van der Waals surface area contributed by atoms with Crippen LogP contribution in [0.4, 0.5) is 0 Å². The molecule has 1 aromatic heterocycles. The predicted molar refractivity (Wildman–Crippen MR) is 104 cm³/mol. The molecule has 3 rings (SSSR count). The van der Waals surface area contributed by atoms with Crippen LogP contribution in [0.1, 0.15) is 29.0 Å². The summed E-state index contributed by atoms with van der Waals surface area (Å²) in [6.07, 6.45) is 1.58. The fraction of sp³-hybridized carbons (Fsp3) is 0.500. The van der Waals surface area contributed by atoms with Crippen molar-refractivity contribution in [1.82, 2.24) is 15.1 Å². The average Bonchev–Trinajstić information content (AvgIpc) is 3.03. The van der Waals surface area contributed by atoms with E-state index in [1.807, 2.05) is 43.3 Å². The molecule has 146 valence electrons. The number of nitrogens with two attached hydrogens (primary N) is 1. The topological polar surface area (TPSA) is 91.8 Å². The van der Waals surface area contributed by atoms with Gasteiger partial charge in [-0.25, -0.2) is 0 Å². The second-order valence-corrected chi connectivity index (χ2v) is 7.31. The summed E-state index contributed by atoms with van der Waals surface area (Å²) in [6.45, 7) is 2.53. The van der Waals surface area contributed by atoms with E-state index in [-0.39, 0.29) is 17.7 Å². The summed E-state index contributed by atoms with van der Waals surface area (Å²) >= 11 is 0. The third-order valence-electron chi connectivity index (χ3n) is 4.89. The van der Waals surface area contributed by atoms with Gasteiger partial charge in [0.05, 0.1) is 5.92 Å². The lowest BCUT2D eigenvalue weighted by molar-refractivity contribution is -0.126. The van der Waals surface area contributed by atoms with Crippen molar-refractivity contribution in [1.29, 1.82) is 0 Å². The Hall–Kier alpha value is -2.38. The number of rotatable bonds is 6. The van der Waals surface area contributed by atoms with Gasteiger partial charge >= 0.3 is 0 Å². The number of hydrogen-bond acceptors (Lipinski definition) is 5. The van der Waals surface area contributed by atoms with E-state index in [9.17, 15) is 9.59 Å². The third kappa shape index (κ3) is 4.31. The van der Waals surface area contributed by atoms with Crippen LogP contribution < -0.4 is 11.1 Å². The lowest BCUT2D eigenvalue weighted by Crippen LogP contribution is -2.46. The number of carbonyl (C=O) groups is 2. The van der Waals surface area contributed by atoms with Crippen molar-refractivity contribution >= 4 is 22.8 Å². The number of likely N-dealkylation sites (tertiary alicyclic amines) is 1. The quantitative estimate of drug-likeness (QED) is 0.800. The van der Waals surface area contributed by atoms with Crippen LogP contribution in [0, 0.1) is 5.92 Å². The summed E-state index contributed by atoms with van der Waals surface area (Å²) in [5.41, 5.74) is 7.07. The summed E-state index contributed by atoms with van der Waals surface area (Å²) in [4.78, 5) is 29.3. The molecule has 7 nitrogen and oxygen atoms in total. The Morgan fingerprint density at radius 3 is 2.85 bits per heavy atom. The maximum absolute atomic E-state index is 13.2. The van der Waals surface area contributed by atoms with Gasteiger partial charge in [0.25, 0.3) is 5.91 Å². The second kappa shape index (κ2) is 8.54. The van der Waals surface area contributed by atoms with Crippen molar-refractivity contribution in [3.8, 4) is 0 Å². The molecule has 1 fully saturated rings. The molecular weight excluding hydrogens is 344 g/mol. The number of nitrogens with one attached hydrogen (secondary N) is 1. The van der Waals surface area contributed by atoms with Gasteiger partial charge in [-0.3, -0.25) is 9.59 Å². The Balaban J connectivity index is 1.83. The SMILES string of the molecule is CN(C)Cc1c(C(=O)N2CCCC(C(=O)NCCN)C2)oc2ccccc12. The molecule has 2 aromatic rings. The zero-order valence-corrected chi connectivity index (χ0v) is 16.0. The number of carbonyl (C=O) groups excluding carboxylic acids is 2. The molecule has 2 heterocycles. The molecule has 1 atom stereocenters. The van der Waals surface area contributed by atoms with Crippen LogP contribution in [0.5, 0.6) is 0 Å². The molecule has 27 heavy (non-hydrogen) atoms. The molecule has 1 aliphatic heterocycles. The lowest BCUT2D eigenvalue weighted by atomic mass is 9.96. The van der Waals surface area contributed by atoms with Crippen LogP contribution in [-0.2, 0) is 11.3 Å². The van der Waals surface area contributed by atoms with Crippen LogP contribution in [0.25, 0.3) is 11.0 Å². The number of fused-ring (bicyclic) bond motifs is 1. The van der Waals surface area contributed by atoms with Gasteiger partial charge in [0.2, 0.25) is 5.91 Å². The van der Waals surface area contributed by atoms with Gasteiger partial charge in [-0.1, -0.05) is 18.2 Å². The highest BCUT2D eigenvalue weighted by molar-refractivity contribution is 5.99. The Labute approximate surface area is 159 Å². The molecule has 0 radical (unpaired) electrons. The molecule has 0 bridgehead atoms. The fourth-order valence-corrected chi connectivity index (χ4v) is 3.60. The minimum absolute atomic E-state index is 0.0314. The van der Waals surface area contributed by atoms with E-state index in [1.54, 1.807) is 4.90 Å². The molecule has 0 aliphatic carbocycles. The highest BCUT2D eigenvalue weighted by Crippen LogP contribution is 2.29. The Bertz CT molecular complexity index is 815. The molecule has 1 aromatic carbocycles. The number of amides is 2. The molecular formula is C20H28N4O3. The van der Waals surface area contributed by atoms with Crippen LogP contribution in [0.3, 0.4) is 0 Å². The standard InChI is InChI=1S/C20H28N4O3/c1-23(2)13-16-15-7-3-4-8-17(15)27-18(16)20(26)24-11-5-6-14(12-24)19(25)22-10-9-21/h3-4,7-8,14H,5-6,9-13,21H2,1-2H3,(H,22,25). The molecule has 7 heteroatoms. The minimum atomic E-state index is -0.198. The Morgan fingerprint density at radius 2 is 2.11 bits per heavy atom. The van der Waals surface area contributed by atoms with Crippen LogP contribution in [0.15, 0.2) is 28.7 Å². The first-order valence-corrected chi connectivity index (χ1v) is 9.43. The summed E-state index contributed by atoms with van der Waals surface area (Å²) in [6, 6.07) is 7.71. The average molecular weight is 372 g/mol. The maximum Gasteiger partial charge on any atom is 0.289 e. The monoisotopic (exact) mass is 372 g/mol. The van der Waals surface area contributed by atoms with E-state index >= 15 is 0 Å². The van der Waals surface area contributed by atoms with Crippen molar-refractivity contribution in [2.45, 2.75) is 19.4 Å². The van der Waals surface area contributed by atoms with Gasteiger partial charge in [-0.15, -0.1) is 0 Å². The maximum atomic E-state index is 13.2. The van der Waals surface area contributed by atoms with E-state index in [4.69, 9.17) is 10.2 Å². The fourth-order valence-electron chi connectivity index (χ4n) is 3.60. The molecule has 2 amide bonds.